The Bertz CT molecular complexity index is 260. The fourth-order valence-corrected chi connectivity index (χ4v) is 1.93. The molecule has 2 atom stereocenters. The van der Waals surface area contributed by atoms with Crippen molar-refractivity contribution in [3.05, 3.63) is 35.9 Å². The molecule has 0 radical (unpaired) electrons. The summed E-state index contributed by atoms with van der Waals surface area (Å²) in [5.41, 5.74) is 1.29. The summed E-state index contributed by atoms with van der Waals surface area (Å²) in [5, 5.41) is 3.33. The third kappa shape index (κ3) is 3.33. The molecule has 1 N–H and O–H groups in total. The molecule has 0 saturated carbocycles. The van der Waals surface area contributed by atoms with Crippen LogP contribution in [0.2, 0.25) is 0 Å². The molecule has 0 amide bonds. The van der Waals surface area contributed by atoms with Crippen LogP contribution in [0, 0.1) is 0 Å². The number of ether oxygens (including phenoxy) is 1. The molecule has 1 rings (SSSR count). The van der Waals surface area contributed by atoms with Crippen LogP contribution in [0.3, 0.4) is 0 Å². The van der Waals surface area contributed by atoms with Crippen molar-refractivity contribution in [1.29, 1.82) is 0 Å². The van der Waals surface area contributed by atoms with Crippen LogP contribution in [0.5, 0.6) is 0 Å². The molecular weight excluding hydrogens is 186 g/mol. The van der Waals surface area contributed by atoms with Gasteiger partial charge >= 0.3 is 0 Å². The number of rotatable bonds is 6. The number of hydrogen-bond donors (Lipinski definition) is 1. The van der Waals surface area contributed by atoms with Gasteiger partial charge in [0.25, 0.3) is 0 Å². The van der Waals surface area contributed by atoms with Crippen LogP contribution >= 0.6 is 0 Å². The Morgan fingerprint density at radius 3 is 2.40 bits per heavy atom. The molecule has 0 aliphatic carbocycles. The van der Waals surface area contributed by atoms with E-state index in [-0.39, 0.29) is 12.1 Å². The summed E-state index contributed by atoms with van der Waals surface area (Å²) in [5.74, 6) is 0. The van der Waals surface area contributed by atoms with Crippen LogP contribution in [0.25, 0.3) is 0 Å². The Labute approximate surface area is 92.6 Å². The average Bonchev–Trinajstić information content (AvgIpc) is 2.30. The minimum atomic E-state index is 0.252. The van der Waals surface area contributed by atoms with Crippen LogP contribution in [-0.4, -0.2) is 20.3 Å². The molecule has 0 bridgehead atoms. The molecule has 1 aromatic carbocycles. The number of methoxy groups -OCH3 is 1. The maximum absolute atomic E-state index is 5.54. The van der Waals surface area contributed by atoms with E-state index in [4.69, 9.17) is 4.74 Å². The Kier molecular flexibility index (Phi) is 5.37. The fourth-order valence-electron chi connectivity index (χ4n) is 1.93. The van der Waals surface area contributed by atoms with Crippen LogP contribution in [0.15, 0.2) is 30.3 Å². The smallest absolute Gasteiger partial charge is 0.0765 e. The van der Waals surface area contributed by atoms with Gasteiger partial charge < -0.3 is 10.1 Å². The van der Waals surface area contributed by atoms with Gasteiger partial charge in [0.2, 0.25) is 0 Å². The normalized spacial score (nSPS) is 14.9. The second-order valence-corrected chi connectivity index (χ2v) is 3.74. The monoisotopic (exact) mass is 207 g/mol. The zero-order chi connectivity index (χ0) is 11.1. The summed E-state index contributed by atoms with van der Waals surface area (Å²) in [6.45, 7) is 2.18. The van der Waals surface area contributed by atoms with Gasteiger partial charge in [-0.2, -0.15) is 0 Å². The van der Waals surface area contributed by atoms with Gasteiger partial charge in [-0.05, 0) is 19.0 Å². The van der Waals surface area contributed by atoms with E-state index in [1.54, 1.807) is 7.11 Å². The lowest BCUT2D eigenvalue weighted by Crippen LogP contribution is -2.30. The van der Waals surface area contributed by atoms with Crippen LogP contribution < -0.4 is 5.32 Å². The van der Waals surface area contributed by atoms with Gasteiger partial charge in [0, 0.05) is 7.11 Å². The zero-order valence-corrected chi connectivity index (χ0v) is 9.86. The molecular formula is C13H21NO. The van der Waals surface area contributed by atoms with E-state index in [2.05, 4.69) is 36.5 Å². The minimum absolute atomic E-state index is 0.252. The molecule has 0 heterocycles. The van der Waals surface area contributed by atoms with Crippen molar-refractivity contribution in [2.24, 2.45) is 0 Å². The summed E-state index contributed by atoms with van der Waals surface area (Å²) in [6.07, 6.45) is 2.47. The summed E-state index contributed by atoms with van der Waals surface area (Å²) in [7, 11) is 3.77. The molecule has 0 spiro atoms. The molecule has 84 valence electrons. The largest absolute Gasteiger partial charge is 0.379 e. The fraction of sp³-hybridized carbons (Fsp3) is 0.538. The van der Waals surface area contributed by atoms with Gasteiger partial charge in [0.15, 0.2) is 0 Å². The first-order chi connectivity index (χ1) is 7.33. The van der Waals surface area contributed by atoms with Gasteiger partial charge in [-0.3, -0.25) is 0 Å². The van der Waals surface area contributed by atoms with E-state index in [0.29, 0.717) is 0 Å². The van der Waals surface area contributed by atoms with Gasteiger partial charge in [-0.15, -0.1) is 0 Å². The average molecular weight is 207 g/mol. The lowest BCUT2D eigenvalue weighted by Gasteiger charge is -2.25. The SMILES string of the molecule is CCCC(OC)C(NC)c1ccccc1. The molecule has 0 fully saturated rings. The van der Waals surface area contributed by atoms with Crippen LogP contribution in [0.4, 0.5) is 0 Å². The summed E-state index contributed by atoms with van der Waals surface area (Å²) in [4.78, 5) is 0. The van der Waals surface area contributed by atoms with Crippen molar-refractivity contribution >= 4 is 0 Å². The van der Waals surface area contributed by atoms with Gasteiger partial charge in [-0.25, -0.2) is 0 Å². The van der Waals surface area contributed by atoms with Crippen molar-refractivity contribution in [3.8, 4) is 0 Å². The Hall–Kier alpha value is -0.860. The molecule has 2 unspecified atom stereocenters. The van der Waals surface area contributed by atoms with Gasteiger partial charge in [0.05, 0.1) is 12.1 Å². The third-order valence-corrected chi connectivity index (χ3v) is 2.72. The van der Waals surface area contributed by atoms with E-state index in [9.17, 15) is 0 Å². The lowest BCUT2D eigenvalue weighted by molar-refractivity contribution is 0.0630. The number of benzene rings is 1. The maximum Gasteiger partial charge on any atom is 0.0765 e. The molecule has 0 aromatic heterocycles. The number of likely N-dealkylation sites (N-methyl/N-ethyl adjacent to an activating group) is 1. The van der Waals surface area contributed by atoms with Crippen molar-refractivity contribution in [1.82, 2.24) is 5.32 Å². The third-order valence-electron chi connectivity index (χ3n) is 2.72. The van der Waals surface area contributed by atoms with Crippen molar-refractivity contribution in [3.63, 3.8) is 0 Å². The van der Waals surface area contributed by atoms with E-state index in [1.165, 1.54) is 5.56 Å². The van der Waals surface area contributed by atoms with Crippen LogP contribution in [-0.2, 0) is 4.74 Å². The molecule has 0 aliphatic heterocycles. The minimum Gasteiger partial charge on any atom is -0.379 e. The van der Waals surface area contributed by atoms with Gasteiger partial charge in [0.1, 0.15) is 0 Å². The zero-order valence-electron chi connectivity index (χ0n) is 9.86. The maximum atomic E-state index is 5.54. The van der Waals surface area contributed by atoms with Crippen LogP contribution in [0.1, 0.15) is 31.4 Å². The predicted molar refractivity (Wildman–Crippen MR) is 63.9 cm³/mol. The second-order valence-electron chi connectivity index (χ2n) is 3.74. The lowest BCUT2D eigenvalue weighted by atomic mass is 9.98. The number of nitrogens with one attached hydrogen (secondary N) is 1. The highest BCUT2D eigenvalue weighted by Gasteiger charge is 2.19. The Morgan fingerprint density at radius 2 is 1.93 bits per heavy atom. The first-order valence-electron chi connectivity index (χ1n) is 5.58. The van der Waals surface area contributed by atoms with Crippen molar-refractivity contribution < 1.29 is 4.74 Å². The molecule has 15 heavy (non-hydrogen) atoms. The number of hydrogen-bond acceptors (Lipinski definition) is 2. The molecule has 0 saturated heterocycles. The Morgan fingerprint density at radius 1 is 1.27 bits per heavy atom. The quantitative estimate of drug-likeness (QED) is 0.774. The van der Waals surface area contributed by atoms with E-state index >= 15 is 0 Å². The highest BCUT2D eigenvalue weighted by atomic mass is 16.5. The molecule has 2 heteroatoms. The molecule has 2 nitrogen and oxygen atoms in total. The highest BCUT2D eigenvalue weighted by Crippen LogP contribution is 2.21. The molecule has 1 aromatic rings. The standard InChI is InChI=1S/C13H21NO/c1-4-8-12(15-3)13(14-2)11-9-6-5-7-10-11/h5-7,9-10,12-14H,4,8H2,1-3H3. The highest BCUT2D eigenvalue weighted by molar-refractivity contribution is 5.20. The van der Waals surface area contributed by atoms with E-state index in [0.717, 1.165) is 12.8 Å². The van der Waals surface area contributed by atoms with E-state index in [1.807, 2.05) is 13.1 Å². The first kappa shape index (κ1) is 12.2. The second kappa shape index (κ2) is 6.59. The first-order valence-corrected chi connectivity index (χ1v) is 5.58. The summed E-state index contributed by atoms with van der Waals surface area (Å²) in [6, 6.07) is 10.7. The topological polar surface area (TPSA) is 21.3 Å². The Balaban J connectivity index is 2.77. The summed E-state index contributed by atoms with van der Waals surface area (Å²) < 4.78 is 5.54. The van der Waals surface area contributed by atoms with E-state index < -0.39 is 0 Å². The molecule has 0 aliphatic rings. The van der Waals surface area contributed by atoms with Crippen molar-refractivity contribution in [2.75, 3.05) is 14.2 Å². The van der Waals surface area contributed by atoms with Crippen molar-refractivity contribution in [2.45, 2.75) is 31.9 Å². The predicted octanol–water partition coefficient (Wildman–Crippen LogP) is 2.76. The summed E-state index contributed by atoms with van der Waals surface area (Å²) >= 11 is 0. The van der Waals surface area contributed by atoms with Gasteiger partial charge in [-0.1, -0.05) is 43.7 Å².